The Morgan fingerprint density at radius 3 is 2.04 bits per heavy atom. The highest BCUT2D eigenvalue weighted by molar-refractivity contribution is 5.96. The van der Waals surface area contributed by atoms with Gasteiger partial charge in [-0.2, -0.15) is 21.0 Å². The maximum Gasteiger partial charge on any atom is 0.186 e. The largest absolute Gasteiger partial charge is 0.512 e. The van der Waals surface area contributed by atoms with Crippen LogP contribution in [0.25, 0.3) is 0 Å². The van der Waals surface area contributed by atoms with Crippen molar-refractivity contribution in [3.05, 3.63) is 41.2 Å². The van der Waals surface area contributed by atoms with Crippen molar-refractivity contribution in [3.8, 4) is 30.0 Å². The first-order valence-corrected chi connectivity index (χ1v) is 7.58. The maximum atomic E-state index is 12.2. The fourth-order valence-electron chi connectivity index (χ4n) is 3.36. The summed E-state index contributed by atoms with van der Waals surface area (Å²) in [6.45, 7) is 1.20. The third-order valence-electron chi connectivity index (χ3n) is 4.70. The summed E-state index contributed by atoms with van der Waals surface area (Å²) in [4.78, 5) is 12.2. The van der Waals surface area contributed by atoms with Gasteiger partial charge in [0, 0.05) is 12.0 Å². The normalized spacial score (nSPS) is 20.0. The molecule has 1 atom stereocenters. The van der Waals surface area contributed by atoms with Crippen LogP contribution in [0, 0.1) is 56.2 Å². The molecule has 1 aliphatic rings. The number of nitriles is 4. The Morgan fingerprint density at radius 2 is 1.65 bits per heavy atom. The molecule has 0 saturated heterocycles. The highest BCUT2D eigenvalue weighted by Gasteiger charge is 2.64. The average Bonchev–Trinajstić information content (AvgIpc) is 2.66. The molecule has 1 aliphatic carbocycles. The average molecular weight is 346 g/mol. The Labute approximate surface area is 150 Å². The number of hydrogen-bond acceptors (Lipinski definition) is 7. The molecule has 26 heavy (non-hydrogen) atoms. The number of allylic oxidation sites excluding steroid dienone is 2. The van der Waals surface area contributed by atoms with E-state index in [1.54, 1.807) is 24.3 Å². The van der Waals surface area contributed by atoms with Gasteiger partial charge in [-0.1, -0.05) is 12.1 Å². The van der Waals surface area contributed by atoms with Gasteiger partial charge in [-0.05, 0) is 24.6 Å². The molecule has 0 saturated carbocycles. The van der Waals surface area contributed by atoms with Gasteiger partial charge in [0.2, 0.25) is 0 Å². The fraction of sp³-hybridized carbons (Fsp3) is 0.316. The van der Waals surface area contributed by atoms with E-state index in [-0.39, 0.29) is 5.57 Å². The number of Topliss-reactive ketones (excluding diaryl/α,β-unsaturated/α-hetero) is 1. The number of methoxy groups -OCH3 is 1. The van der Waals surface area contributed by atoms with Crippen LogP contribution in [0.3, 0.4) is 0 Å². The van der Waals surface area contributed by atoms with E-state index < -0.39 is 34.7 Å². The third kappa shape index (κ3) is 2.35. The van der Waals surface area contributed by atoms with Crippen molar-refractivity contribution < 1.29 is 14.6 Å². The van der Waals surface area contributed by atoms with Gasteiger partial charge >= 0.3 is 0 Å². The van der Waals surface area contributed by atoms with Crippen LogP contribution in [0.5, 0.6) is 5.75 Å². The van der Waals surface area contributed by atoms with E-state index in [4.69, 9.17) is 4.74 Å². The predicted octanol–water partition coefficient (Wildman–Crippen LogP) is 2.65. The number of rotatable bonds is 3. The summed E-state index contributed by atoms with van der Waals surface area (Å²) in [5, 5.41) is 49.3. The molecule has 0 radical (unpaired) electrons. The molecule has 0 aliphatic heterocycles. The molecule has 0 amide bonds. The lowest BCUT2D eigenvalue weighted by atomic mass is 9.51. The number of aliphatic hydroxyl groups excluding tert-OH is 1. The molecule has 1 aromatic rings. The lowest BCUT2D eigenvalue weighted by Gasteiger charge is -2.42. The van der Waals surface area contributed by atoms with Crippen LogP contribution < -0.4 is 4.74 Å². The quantitative estimate of drug-likeness (QED) is 0.886. The van der Waals surface area contributed by atoms with E-state index in [0.29, 0.717) is 11.3 Å². The molecule has 128 valence electrons. The minimum atomic E-state index is -2.17. The number of hydrogen-bond donors (Lipinski definition) is 1. The zero-order chi connectivity index (χ0) is 19.5. The molecule has 1 N–H and O–H groups in total. The van der Waals surface area contributed by atoms with Gasteiger partial charge < -0.3 is 9.84 Å². The number of aliphatic hydroxyl groups is 1. The van der Waals surface area contributed by atoms with Crippen LogP contribution in [0.15, 0.2) is 35.6 Å². The molecule has 0 spiro atoms. The van der Waals surface area contributed by atoms with Gasteiger partial charge in [-0.3, -0.25) is 4.79 Å². The zero-order valence-electron chi connectivity index (χ0n) is 14.1. The molecular weight excluding hydrogens is 332 g/mol. The Kier molecular flexibility index (Phi) is 4.70. The SMILES string of the molecule is COc1ccc([C@H]2C(C(C)=O)=C(O)CC(C#N)(C#N)C2(C#N)C#N)cc1. The van der Waals surface area contributed by atoms with Gasteiger partial charge in [-0.15, -0.1) is 0 Å². The van der Waals surface area contributed by atoms with Crippen LogP contribution in [0.1, 0.15) is 24.8 Å². The van der Waals surface area contributed by atoms with Crippen molar-refractivity contribution in [1.29, 1.82) is 21.0 Å². The lowest BCUT2D eigenvalue weighted by Crippen LogP contribution is -2.48. The zero-order valence-corrected chi connectivity index (χ0v) is 14.1. The van der Waals surface area contributed by atoms with Crippen LogP contribution in [0.4, 0.5) is 0 Å². The summed E-state index contributed by atoms with van der Waals surface area (Å²) in [7, 11) is 1.47. The second-order valence-electron chi connectivity index (χ2n) is 5.96. The minimum absolute atomic E-state index is 0.139. The van der Waals surface area contributed by atoms with E-state index in [1.807, 2.05) is 12.1 Å². The Bertz CT molecular complexity index is 921. The summed E-state index contributed by atoms with van der Waals surface area (Å²) in [5.41, 5.74) is -4.08. The van der Waals surface area contributed by atoms with Gasteiger partial charge in [0.25, 0.3) is 0 Å². The van der Waals surface area contributed by atoms with Crippen LogP contribution in [-0.4, -0.2) is 18.0 Å². The summed E-state index contributed by atoms with van der Waals surface area (Å²) < 4.78 is 5.08. The van der Waals surface area contributed by atoms with Crippen LogP contribution in [0.2, 0.25) is 0 Å². The Balaban J connectivity index is 2.92. The molecule has 0 fully saturated rings. The number of ketones is 1. The molecule has 0 aromatic heterocycles. The molecule has 7 heteroatoms. The standard InChI is InChI=1S/C19H14N4O3/c1-12(24)16-15(25)7-18(8-20,9-21)19(10-22,11-23)17(16)13-3-5-14(26-2)6-4-13/h3-6,17,25H,7H2,1-2H3/t17-/m0/s1. The highest BCUT2D eigenvalue weighted by Crippen LogP contribution is 2.58. The second-order valence-corrected chi connectivity index (χ2v) is 5.96. The van der Waals surface area contributed by atoms with Crippen molar-refractivity contribution in [2.75, 3.05) is 7.11 Å². The number of benzene rings is 1. The number of carbonyl (C=O) groups excluding carboxylic acids is 1. The van der Waals surface area contributed by atoms with Gasteiger partial charge in [-0.25, -0.2) is 0 Å². The molecule has 0 bridgehead atoms. The molecule has 0 heterocycles. The number of nitrogens with zero attached hydrogens (tertiary/aromatic N) is 4. The first-order valence-electron chi connectivity index (χ1n) is 7.58. The van der Waals surface area contributed by atoms with Crippen molar-refractivity contribution in [2.45, 2.75) is 19.3 Å². The van der Waals surface area contributed by atoms with E-state index in [1.165, 1.54) is 26.2 Å². The lowest BCUT2D eigenvalue weighted by molar-refractivity contribution is -0.114. The van der Waals surface area contributed by atoms with Crippen molar-refractivity contribution in [3.63, 3.8) is 0 Å². The maximum absolute atomic E-state index is 12.2. The second kappa shape index (κ2) is 6.60. The van der Waals surface area contributed by atoms with Crippen molar-refractivity contribution in [2.24, 2.45) is 10.8 Å². The smallest absolute Gasteiger partial charge is 0.186 e. The van der Waals surface area contributed by atoms with Crippen molar-refractivity contribution in [1.82, 2.24) is 0 Å². The fourth-order valence-corrected chi connectivity index (χ4v) is 3.36. The van der Waals surface area contributed by atoms with Gasteiger partial charge in [0.05, 0.1) is 37.3 Å². The summed E-state index contributed by atoms with van der Waals surface area (Å²) in [6, 6.07) is 13.3. The Hall–Kier alpha value is -3.81. The number of ether oxygens (including phenoxy) is 1. The summed E-state index contributed by atoms with van der Waals surface area (Å²) in [6.07, 6.45) is -0.567. The van der Waals surface area contributed by atoms with E-state index >= 15 is 0 Å². The highest BCUT2D eigenvalue weighted by atomic mass is 16.5. The molecule has 7 nitrogen and oxygen atoms in total. The first-order chi connectivity index (χ1) is 12.4. The molecule has 0 unspecified atom stereocenters. The monoisotopic (exact) mass is 346 g/mol. The summed E-state index contributed by atoms with van der Waals surface area (Å²) >= 11 is 0. The minimum Gasteiger partial charge on any atom is -0.512 e. The van der Waals surface area contributed by atoms with E-state index in [9.17, 15) is 30.9 Å². The van der Waals surface area contributed by atoms with E-state index in [2.05, 4.69) is 0 Å². The first kappa shape index (κ1) is 18.5. The predicted molar refractivity (Wildman–Crippen MR) is 88.0 cm³/mol. The molecular formula is C19H14N4O3. The molecule has 2 rings (SSSR count). The summed E-state index contributed by atoms with van der Waals surface area (Å²) in [5.74, 6) is -1.74. The third-order valence-corrected chi connectivity index (χ3v) is 4.70. The molecule has 1 aromatic carbocycles. The van der Waals surface area contributed by atoms with Crippen LogP contribution in [-0.2, 0) is 4.79 Å². The topological polar surface area (TPSA) is 142 Å². The van der Waals surface area contributed by atoms with Gasteiger partial charge in [0.15, 0.2) is 16.6 Å². The van der Waals surface area contributed by atoms with E-state index in [0.717, 1.165) is 0 Å². The Morgan fingerprint density at radius 1 is 1.12 bits per heavy atom. The number of carbonyl (C=O) groups is 1. The van der Waals surface area contributed by atoms with Gasteiger partial charge in [0.1, 0.15) is 11.5 Å². The van der Waals surface area contributed by atoms with Crippen molar-refractivity contribution >= 4 is 5.78 Å². The van der Waals surface area contributed by atoms with Crippen LogP contribution >= 0.6 is 0 Å².